The van der Waals surface area contributed by atoms with E-state index in [0.717, 1.165) is 55.8 Å². The van der Waals surface area contributed by atoms with Crippen LogP contribution in [0, 0.1) is 5.41 Å². The van der Waals surface area contributed by atoms with Crippen LogP contribution in [0.1, 0.15) is 31.2 Å². The Labute approximate surface area is 131 Å². The molecule has 1 aliphatic carbocycles. The molecule has 2 aliphatic rings. The van der Waals surface area contributed by atoms with E-state index in [-0.39, 0.29) is 11.3 Å². The van der Waals surface area contributed by atoms with Gasteiger partial charge in [0.25, 0.3) is 0 Å². The summed E-state index contributed by atoms with van der Waals surface area (Å²) in [5, 5.41) is 4.05. The van der Waals surface area contributed by atoms with Gasteiger partial charge in [0.15, 0.2) is 0 Å². The minimum absolute atomic E-state index is 0.200. The molecule has 0 spiro atoms. The van der Waals surface area contributed by atoms with Gasteiger partial charge in [-0.2, -0.15) is 0 Å². The van der Waals surface area contributed by atoms with Crippen LogP contribution in [0.15, 0.2) is 24.3 Å². The van der Waals surface area contributed by atoms with E-state index < -0.39 is 0 Å². The van der Waals surface area contributed by atoms with Crippen LogP contribution >= 0.6 is 11.6 Å². The standard InChI is InChI=1S/C17H23ClN2O/c1-20-10-6-14(7-11-20)19-16(21)17(8-9-17)12-13-4-2-3-5-15(13)18/h2-5,14H,6-12H2,1H3,(H,19,21). The average molecular weight is 307 g/mol. The van der Waals surface area contributed by atoms with Crippen molar-refractivity contribution in [3.8, 4) is 0 Å². The van der Waals surface area contributed by atoms with Crippen molar-refractivity contribution in [2.75, 3.05) is 20.1 Å². The highest BCUT2D eigenvalue weighted by Gasteiger charge is 2.50. The maximum atomic E-state index is 12.6. The molecule has 2 fully saturated rings. The van der Waals surface area contributed by atoms with Gasteiger partial charge < -0.3 is 10.2 Å². The molecule has 0 radical (unpaired) electrons. The molecule has 3 rings (SSSR count). The predicted octanol–water partition coefficient (Wildman–Crippen LogP) is 2.87. The molecule has 1 N–H and O–H groups in total. The lowest BCUT2D eigenvalue weighted by atomic mass is 9.94. The number of hydrogen-bond donors (Lipinski definition) is 1. The van der Waals surface area contributed by atoms with Crippen LogP contribution in [0.5, 0.6) is 0 Å². The summed E-state index contributed by atoms with van der Waals surface area (Å²) in [5.41, 5.74) is 0.893. The molecule has 0 atom stereocenters. The summed E-state index contributed by atoms with van der Waals surface area (Å²) in [4.78, 5) is 14.9. The van der Waals surface area contributed by atoms with Crippen molar-refractivity contribution >= 4 is 17.5 Å². The molecule has 1 aromatic rings. The Morgan fingerprint density at radius 3 is 2.62 bits per heavy atom. The average Bonchev–Trinajstić information content (AvgIpc) is 3.25. The molecule has 1 amide bonds. The second kappa shape index (κ2) is 5.98. The first-order valence-electron chi connectivity index (χ1n) is 7.82. The molecule has 0 unspecified atom stereocenters. The zero-order chi connectivity index (χ0) is 14.9. The van der Waals surface area contributed by atoms with Crippen molar-refractivity contribution in [2.45, 2.75) is 38.1 Å². The number of carbonyl (C=O) groups excluding carboxylic acids is 1. The van der Waals surface area contributed by atoms with Crippen molar-refractivity contribution in [3.63, 3.8) is 0 Å². The monoisotopic (exact) mass is 306 g/mol. The van der Waals surface area contributed by atoms with Gasteiger partial charge in [-0.25, -0.2) is 0 Å². The Hall–Kier alpha value is -1.06. The molecule has 4 heteroatoms. The van der Waals surface area contributed by atoms with Crippen LogP contribution in [0.4, 0.5) is 0 Å². The molecule has 21 heavy (non-hydrogen) atoms. The fourth-order valence-corrected chi connectivity index (χ4v) is 3.34. The Bertz CT molecular complexity index is 519. The summed E-state index contributed by atoms with van der Waals surface area (Å²) in [5.74, 6) is 0.233. The van der Waals surface area contributed by atoms with Crippen molar-refractivity contribution in [3.05, 3.63) is 34.9 Å². The molecule has 3 nitrogen and oxygen atoms in total. The second-order valence-corrected chi connectivity index (χ2v) is 7.01. The van der Waals surface area contributed by atoms with Crippen LogP contribution in [-0.4, -0.2) is 37.0 Å². The quantitative estimate of drug-likeness (QED) is 0.927. The Kier molecular flexibility index (Phi) is 4.23. The minimum Gasteiger partial charge on any atom is -0.353 e. The molecule has 0 aromatic heterocycles. The van der Waals surface area contributed by atoms with E-state index in [0.29, 0.717) is 6.04 Å². The van der Waals surface area contributed by atoms with Crippen LogP contribution in [0.3, 0.4) is 0 Å². The number of hydrogen-bond acceptors (Lipinski definition) is 2. The second-order valence-electron chi connectivity index (χ2n) is 6.60. The summed E-state index contributed by atoms with van der Waals surface area (Å²) in [6.07, 6.45) is 4.85. The first-order valence-corrected chi connectivity index (χ1v) is 8.20. The SMILES string of the molecule is CN1CCC(NC(=O)C2(Cc3ccccc3Cl)CC2)CC1. The molecule has 1 saturated carbocycles. The van der Waals surface area contributed by atoms with E-state index in [1.165, 1.54) is 0 Å². The number of nitrogens with zero attached hydrogens (tertiary/aromatic N) is 1. The third kappa shape index (κ3) is 3.41. The number of likely N-dealkylation sites (tertiary alicyclic amines) is 1. The molecule has 0 bridgehead atoms. The molecular formula is C17H23ClN2O. The lowest BCUT2D eigenvalue weighted by molar-refractivity contribution is -0.127. The third-order valence-electron chi connectivity index (χ3n) is 4.88. The zero-order valence-electron chi connectivity index (χ0n) is 12.6. The molecule has 1 saturated heterocycles. The van der Waals surface area contributed by atoms with Gasteiger partial charge in [0.1, 0.15) is 0 Å². The largest absolute Gasteiger partial charge is 0.353 e. The van der Waals surface area contributed by atoms with Gasteiger partial charge in [0.2, 0.25) is 5.91 Å². The molecule has 114 valence electrons. The number of halogens is 1. The van der Waals surface area contributed by atoms with Crippen LogP contribution in [-0.2, 0) is 11.2 Å². The van der Waals surface area contributed by atoms with Crippen molar-refractivity contribution in [1.82, 2.24) is 10.2 Å². The van der Waals surface area contributed by atoms with Gasteiger partial charge in [-0.05, 0) is 63.9 Å². The Balaban J connectivity index is 1.60. The molecule has 1 aromatic carbocycles. The van der Waals surface area contributed by atoms with Gasteiger partial charge in [-0.3, -0.25) is 4.79 Å². The Morgan fingerprint density at radius 2 is 2.00 bits per heavy atom. The summed E-state index contributed by atoms with van der Waals surface area (Å²) < 4.78 is 0. The summed E-state index contributed by atoms with van der Waals surface area (Å²) in [6.45, 7) is 2.14. The fourth-order valence-electron chi connectivity index (χ4n) is 3.13. The molecule has 1 heterocycles. The van der Waals surface area contributed by atoms with Gasteiger partial charge in [-0.1, -0.05) is 29.8 Å². The smallest absolute Gasteiger partial charge is 0.226 e. The topological polar surface area (TPSA) is 32.3 Å². The summed E-state index contributed by atoms with van der Waals surface area (Å²) >= 11 is 6.23. The minimum atomic E-state index is -0.200. The van der Waals surface area contributed by atoms with Crippen molar-refractivity contribution < 1.29 is 4.79 Å². The van der Waals surface area contributed by atoms with Crippen LogP contribution < -0.4 is 5.32 Å². The van der Waals surface area contributed by atoms with Crippen molar-refractivity contribution in [2.24, 2.45) is 5.41 Å². The van der Waals surface area contributed by atoms with E-state index in [2.05, 4.69) is 17.3 Å². The summed E-state index contributed by atoms with van der Waals surface area (Å²) in [6, 6.07) is 8.21. The maximum absolute atomic E-state index is 12.6. The number of carbonyl (C=O) groups is 1. The highest BCUT2D eigenvalue weighted by molar-refractivity contribution is 6.31. The van der Waals surface area contributed by atoms with Gasteiger partial charge in [0.05, 0.1) is 5.41 Å². The van der Waals surface area contributed by atoms with E-state index in [1.807, 2.05) is 24.3 Å². The first kappa shape index (κ1) is 14.9. The number of rotatable bonds is 4. The highest BCUT2D eigenvalue weighted by Crippen LogP contribution is 2.49. The van der Waals surface area contributed by atoms with E-state index in [1.54, 1.807) is 0 Å². The number of piperidine rings is 1. The van der Waals surface area contributed by atoms with Gasteiger partial charge in [0, 0.05) is 11.1 Å². The lowest BCUT2D eigenvalue weighted by Crippen LogP contribution is -2.46. The number of nitrogens with one attached hydrogen (secondary N) is 1. The summed E-state index contributed by atoms with van der Waals surface area (Å²) in [7, 11) is 2.14. The van der Waals surface area contributed by atoms with Gasteiger partial charge >= 0.3 is 0 Å². The van der Waals surface area contributed by atoms with E-state index in [4.69, 9.17) is 11.6 Å². The normalized spacial score (nSPS) is 22.0. The first-order chi connectivity index (χ1) is 10.1. The predicted molar refractivity (Wildman–Crippen MR) is 85.5 cm³/mol. The van der Waals surface area contributed by atoms with Crippen LogP contribution in [0.2, 0.25) is 5.02 Å². The fraction of sp³-hybridized carbons (Fsp3) is 0.588. The highest BCUT2D eigenvalue weighted by atomic mass is 35.5. The zero-order valence-corrected chi connectivity index (χ0v) is 13.3. The van der Waals surface area contributed by atoms with E-state index >= 15 is 0 Å². The van der Waals surface area contributed by atoms with Crippen molar-refractivity contribution in [1.29, 1.82) is 0 Å². The lowest BCUT2D eigenvalue weighted by Gasteiger charge is -2.30. The number of benzene rings is 1. The maximum Gasteiger partial charge on any atom is 0.226 e. The number of amides is 1. The molecular weight excluding hydrogens is 284 g/mol. The third-order valence-corrected chi connectivity index (χ3v) is 5.24. The van der Waals surface area contributed by atoms with Gasteiger partial charge in [-0.15, -0.1) is 0 Å². The molecule has 1 aliphatic heterocycles. The van der Waals surface area contributed by atoms with Crippen LogP contribution in [0.25, 0.3) is 0 Å². The van der Waals surface area contributed by atoms with E-state index in [9.17, 15) is 4.79 Å². The Morgan fingerprint density at radius 1 is 1.33 bits per heavy atom.